The lowest BCUT2D eigenvalue weighted by Crippen LogP contribution is -2.38. The molecule has 0 spiro atoms. The number of benzene rings is 3. The van der Waals surface area contributed by atoms with Crippen LogP contribution in [-0.4, -0.2) is 35.0 Å². The van der Waals surface area contributed by atoms with Crippen LogP contribution in [0.1, 0.15) is 6.92 Å². The monoisotopic (exact) mass is 543 g/mol. The van der Waals surface area contributed by atoms with Crippen molar-refractivity contribution in [1.82, 2.24) is 0 Å². The first kappa shape index (κ1) is 25.3. The van der Waals surface area contributed by atoms with Crippen molar-refractivity contribution >= 4 is 48.9 Å². The van der Waals surface area contributed by atoms with Crippen LogP contribution in [0.4, 0.5) is 17.1 Å². The number of methoxy groups -OCH3 is 1. The third-order valence-corrected chi connectivity index (χ3v) is 7.66. The van der Waals surface area contributed by atoms with Gasteiger partial charge in [-0.25, -0.2) is 8.42 Å². The zero-order chi connectivity index (χ0) is 24.9. The molecule has 0 saturated heterocycles. The van der Waals surface area contributed by atoms with E-state index in [-0.39, 0.29) is 4.90 Å². The van der Waals surface area contributed by atoms with Gasteiger partial charge in [-0.3, -0.25) is 9.10 Å². The predicted octanol–water partition coefficient (Wildman–Crippen LogP) is 5.26. The minimum atomic E-state index is -4.05. The lowest BCUT2D eigenvalue weighted by atomic mass is 10.3. The molecule has 3 aromatic rings. The average molecular weight is 544 g/mol. The van der Waals surface area contributed by atoms with E-state index in [1.807, 2.05) is 24.9 Å². The van der Waals surface area contributed by atoms with Crippen molar-refractivity contribution in [2.24, 2.45) is 0 Å². The zero-order valence-electron chi connectivity index (χ0n) is 19.2. The molecular formula is C25H26BrN3O4S. The molecule has 0 heterocycles. The number of anilines is 3. The molecule has 7 nitrogen and oxygen atoms in total. The van der Waals surface area contributed by atoms with Crippen LogP contribution in [0.15, 0.2) is 94.4 Å². The van der Waals surface area contributed by atoms with E-state index in [2.05, 4.69) is 27.8 Å². The van der Waals surface area contributed by atoms with Gasteiger partial charge in [0.05, 0.1) is 23.4 Å². The Hall–Kier alpha value is -3.30. The Labute approximate surface area is 208 Å². The molecule has 0 fully saturated rings. The normalized spacial score (nSPS) is 10.9. The largest absolute Gasteiger partial charge is 0.497 e. The van der Waals surface area contributed by atoms with E-state index in [0.717, 1.165) is 15.7 Å². The van der Waals surface area contributed by atoms with E-state index >= 15 is 0 Å². The SMILES string of the molecule is C=C(C)N(C)c1ccc(S(=O)(=O)N(CC(=O)Nc2ccccc2Br)c2ccc(OC)cc2)cc1. The Morgan fingerprint density at radius 3 is 2.15 bits per heavy atom. The van der Waals surface area contributed by atoms with Gasteiger partial charge in [-0.05, 0) is 83.5 Å². The Morgan fingerprint density at radius 1 is 1.00 bits per heavy atom. The fraction of sp³-hybridized carbons (Fsp3) is 0.160. The number of sulfonamides is 1. The molecule has 1 N–H and O–H groups in total. The predicted molar refractivity (Wildman–Crippen MR) is 140 cm³/mol. The summed E-state index contributed by atoms with van der Waals surface area (Å²) in [5.74, 6) is 0.0934. The molecule has 0 unspecified atom stereocenters. The summed E-state index contributed by atoms with van der Waals surface area (Å²) in [5.41, 5.74) is 2.51. The van der Waals surface area contributed by atoms with Crippen LogP contribution in [0.25, 0.3) is 0 Å². The molecule has 3 aromatic carbocycles. The molecule has 0 atom stereocenters. The molecule has 0 radical (unpaired) electrons. The maximum atomic E-state index is 13.6. The van der Waals surface area contributed by atoms with Gasteiger partial charge in [-0.1, -0.05) is 18.7 Å². The molecule has 9 heteroatoms. The molecule has 178 valence electrons. The Bertz CT molecular complexity index is 1280. The molecule has 0 aliphatic rings. The number of amides is 1. The van der Waals surface area contributed by atoms with Crippen LogP contribution in [0.2, 0.25) is 0 Å². The van der Waals surface area contributed by atoms with Gasteiger partial charge >= 0.3 is 0 Å². The first-order valence-corrected chi connectivity index (χ1v) is 12.6. The summed E-state index contributed by atoms with van der Waals surface area (Å²) in [5, 5.41) is 2.76. The quantitative estimate of drug-likeness (QED) is 0.398. The molecule has 1 amide bonds. The number of nitrogens with one attached hydrogen (secondary N) is 1. The summed E-state index contributed by atoms with van der Waals surface area (Å²) in [6.07, 6.45) is 0. The third-order valence-electron chi connectivity index (χ3n) is 5.18. The van der Waals surface area contributed by atoms with E-state index < -0.39 is 22.5 Å². The zero-order valence-corrected chi connectivity index (χ0v) is 21.6. The van der Waals surface area contributed by atoms with Crippen molar-refractivity contribution in [3.8, 4) is 5.75 Å². The smallest absolute Gasteiger partial charge is 0.264 e. The second-order valence-electron chi connectivity index (χ2n) is 7.53. The van der Waals surface area contributed by atoms with Gasteiger partial charge in [0.2, 0.25) is 5.91 Å². The second kappa shape index (κ2) is 10.8. The molecule has 0 bridgehead atoms. The summed E-state index contributed by atoms with van der Waals surface area (Å²) in [4.78, 5) is 14.8. The number of para-hydroxylation sites is 1. The number of ether oxygens (including phenoxy) is 1. The summed E-state index contributed by atoms with van der Waals surface area (Å²) in [7, 11) is -0.680. The molecular weight excluding hydrogens is 518 g/mol. The van der Waals surface area contributed by atoms with Crippen LogP contribution < -0.4 is 19.3 Å². The van der Waals surface area contributed by atoms with Gasteiger partial charge in [0, 0.05) is 22.9 Å². The summed E-state index contributed by atoms with van der Waals surface area (Å²) in [6.45, 7) is 5.35. The number of halogens is 1. The topological polar surface area (TPSA) is 79.0 Å². The maximum absolute atomic E-state index is 13.6. The number of hydrogen-bond acceptors (Lipinski definition) is 5. The first-order chi connectivity index (χ1) is 16.1. The minimum Gasteiger partial charge on any atom is -0.497 e. The number of allylic oxidation sites excluding steroid dienone is 1. The summed E-state index contributed by atoms with van der Waals surface area (Å²) < 4.78 is 34.2. The highest BCUT2D eigenvalue weighted by Gasteiger charge is 2.27. The van der Waals surface area contributed by atoms with Crippen LogP contribution in [0, 0.1) is 0 Å². The molecule has 0 aromatic heterocycles. The van der Waals surface area contributed by atoms with Gasteiger partial charge in [0.25, 0.3) is 10.0 Å². The molecule has 0 aliphatic carbocycles. The Balaban J connectivity index is 1.95. The van der Waals surface area contributed by atoms with Crippen molar-refractivity contribution in [1.29, 1.82) is 0 Å². The Morgan fingerprint density at radius 2 is 1.59 bits per heavy atom. The molecule has 0 saturated carbocycles. The lowest BCUT2D eigenvalue weighted by molar-refractivity contribution is -0.114. The third kappa shape index (κ3) is 5.78. The molecule has 0 aliphatic heterocycles. The van der Waals surface area contributed by atoms with Gasteiger partial charge in [0.1, 0.15) is 12.3 Å². The second-order valence-corrected chi connectivity index (χ2v) is 10.2. The lowest BCUT2D eigenvalue weighted by Gasteiger charge is -2.25. The highest BCUT2D eigenvalue weighted by molar-refractivity contribution is 9.10. The van der Waals surface area contributed by atoms with Gasteiger partial charge in [0.15, 0.2) is 0 Å². The van der Waals surface area contributed by atoms with Crippen molar-refractivity contribution in [2.75, 3.05) is 35.2 Å². The number of hydrogen-bond donors (Lipinski definition) is 1. The van der Waals surface area contributed by atoms with Crippen LogP contribution in [0.3, 0.4) is 0 Å². The van der Waals surface area contributed by atoms with Crippen molar-refractivity contribution < 1.29 is 17.9 Å². The highest BCUT2D eigenvalue weighted by atomic mass is 79.9. The van der Waals surface area contributed by atoms with E-state index in [0.29, 0.717) is 21.6 Å². The number of rotatable bonds is 9. The van der Waals surface area contributed by atoms with Crippen LogP contribution in [-0.2, 0) is 14.8 Å². The van der Waals surface area contributed by atoms with Crippen LogP contribution in [0.5, 0.6) is 5.75 Å². The van der Waals surface area contributed by atoms with Crippen LogP contribution >= 0.6 is 15.9 Å². The van der Waals surface area contributed by atoms with E-state index in [9.17, 15) is 13.2 Å². The standard InChI is InChI=1S/C25H26BrN3O4S/c1-18(2)28(3)19-11-15-22(16-12-19)34(31,32)29(20-9-13-21(33-4)14-10-20)17-25(30)27-24-8-6-5-7-23(24)26/h5-16H,1,17H2,2-4H3,(H,27,30). The van der Waals surface area contributed by atoms with Gasteiger partial charge in [-0.2, -0.15) is 0 Å². The summed E-state index contributed by atoms with van der Waals surface area (Å²) >= 11 is 3.39. The van der Waals surface area contributed by atoms with Crippen molar-refractivity contribution in [3.05, 3.63) is 89.5 Å². The fourth-order valence-electron chi connectivity index (χ4n) is 3.14. The molecule has 3 rings (SSSR count). The fourth-order valence-corrected chi connectivity index (χ4v) is 4.94. The number of carbonyl (C=O) groups excluding carboxylic acids is 1. The average Bonchev–Trinajstić information content (AvgIpc) is 2.83. The number of nitrogens with zero attached hydrogens (tertiary/aromatic N) is 2. The van der Waals surface area contributed by atoms with Crippen molar-refractivity contribution in [3.63, 3.8) is 0 Å². The molecule has 34 heavy (non-hydrogen) atoms. The first-order valence-electron chi connectivity index (χ1n) is 10.3. The maximum Gasteiger partial charge on any atom is 0.264 e. The number of carbonyl (C=O) groups is 1. The van der Waals surface area contributed by atoms with Gasteiger partial charge < -0.3 is 15.0 Å². The Kier molecular flexibility index (Phi) is 8.01. The van der Waals surface area contributed by atoms with E-state index in [1.165, 1.54) is 19.2 Å². The van der Waals surface area contributed by atoms with E-state index in [1.54, 1.807) is 54.6 Å². The van der Waals surface area contributed by atoms with E-state index in [4.69, 9.17) is 4.74 Å². The summed E-state index contributed by atoms with van der Waals surface area (Å²) in [6, 6.07) is 20.1. The van der Waals surface area contributed by atoms with Gasteiger partial charge in [-0.15, -0.1) is 0 Å². The van der Waals surface area contributed by atoms with Crippen molar-refractivity contribution in [2.45, 2.75) is 11.8 Å². The highest BCUT2D eigenvalue weighted by Crippen LogP contribution is 2.28. The minimum absolute atomic E-state index is 0.0656.